The average Bonchev–Trinajstić information content (AvgIpc) is 2.40. The van der Waals surface area contributed by atoms with Crippen molar-refractivity contribution in [2.45, 2.75) is 13.8 Å². The summed E-state index contributed by atoms with van der Waals surface area (Å²) in [7, 11) is 0. The molecule has 68 valence electrons. The monoisotopic (exact) mass is 188 g/mol. The van der Waals surface area contributed by atoms with Gasteiger partial charge in [-0.3, -0.25) is 4.79 Å². The molecule has 0 aliphatic heterocycles. The van der Waals surface area contributed by atoms with E-state index in [1.807, 2.05) is 5.38 Å². The molecule has 0 aromatic carbocycles. The van der Waals surface area contributed by atoms with E-state index >= 15 is 0 Å². The van der Waals surface area contributed by atoms with Crippen LogP contribution in [-0.2, 0) is 9.53 Å². The Morgan fingerprint density at radius 1 is 1.75 bits per heavy atom. The van der Waals surface area contributed by atoms with Gasteiger partial charge in [-0.05, 0) is 24.4 Å². The summed E-state index contributed by atoms with van der Waals surface area (Å²) in [5, 5.41) is 10.7. The lowest BCUT2D eigenvalue weighted by molar-refractivity contribution is -0.140. The highest BCUT2D eigenvalue weighted by Crippen LogP contribution is 2.14. The van der Waals surface area contributed by atoms with Crippen molar-refractivity contribution in [3.8, 4) is 5.06 Å². The fourth-order valence-electron chi connectivity index (χ4n) is 0.473. The van der Waals surface area contributed by atoms with Crippen molar-refractivity contribution in [2.24, 2.45) is 0 Å². The van der Waals surface area contributed by atoms with E-state index in [0.29, 0.717) is 11.7 Å². The van der Waals surface area contributed by atoms with Gasteiger partial charge < -0.3 is 9.84 Å². The van der Waals surface area contributed by atoms with Crippen molar-refractivity contribution in [3.63, 3.8) is 0 Å². The quantitative estimate of drug-likeness (QED) is 0.686. The topological polar surface area (TPSA) is 46.5 Å². The molecule has 1 N–H and O–H groups in total. The van der Waals surface area contributed by atoms with Crippen LogP contribution in [0.2, 0.25) is 0 Å². The molecule has 1 aromatic rings. The van der Waals surface area contributed by atoms with Crippen LogP contribution in [0.1, 0.15) is 13.8 Å². The summed E-state index contributed by atoms with van der Waals surface area (Å²) in [6, 6.07) is 3.46. The van der Waals surface area contributed by atoms with Crippen LogP contribution in [0.4, 0.5) is 0 Å². The molecule has 0 fully saturated rings. The van der Waals surface area contributed by atoms with Crippen LogP contribution in [-0.4, -0.2) is 17.7 Å². The van der Waals surface area contributed by atoms with Gasteiger partial charge in [0.15, 0.2) is 5.06 Å². The van der Waals surface area contributed by atoms with Gasteiger partial charge >= 0.3 is 5.97 Å². The van der Waals surface area contributed by atoms with Crippen LogP contribution >= 0.6 is 11.3 Å². The predicted molar refractivity (Wildman–Crippen MR) is 48.3 cm³/mol. The lowest BCUT2D eigenvalue weighted by atomic mass is 10.7. The van der Waals surface area contributed by atoms with Gasteiger partial charge in [0.05, 0.1) is 6.61 Å². The van der Waals surface area contributed by atoms with E-state index in [4.69, 9.17) is 5.11 Å². The zero-order valence-electron chi connectivity index (χ0n) is 7.11. The first-order chi connectivity index (χ1) is 5.66. The van der Waals surface area contributed by atoms with Crippen LogP contribution in [0.5, 0.6) is 5.06 Å². The molecule has 0 saturated heterocycles. The molecule has 0 saturated carbocycles. The highest BCUT2D eigenvalue weighted by Gasteiger charge is 1.81. The number of hydrogen-bond donors (Lipinski definition) is 1. The molecular weight excluding hydrogens is 176 g/mol. The zero-order chi connectivity index (χ0) is 9.40. The SMILES string of the molecule is CCOC(C)=O.Oc1cccs1. The third-order valence-electron chi connectivity index (χ3n) is 0.854. The standard InChI is InChI=1S/C4H8O2.C4H4OS/c1-3-6-4(2)5;5-4-2-1-3-6-4/h3H2,1-2H3;1-3,5H. The molecule has 1 aromatic heterocycles. The lowest BCUT2D eigenvalue weighted by Gasteiger charge is -1.89. The Morgan fingerprint density at radius 2 is 2.42 bits per heavy atom. The molecular formula is C8H12O3S. The number of hydrogen-bond acceptors (Lipinski definition) is 4. The van der Waals surface area contributed by atoms with Crippen molar-refractivity contribution < 1.29 is 14.6 Å². The van der Waals surface area contributed by atoms with E-state index in [9.17, 15) is 4.79 Å². The maximum Gasteiger partial charge on any atom is 0.302 e. The maximum atomic E-state index is 9.82. The molecule has 3 nitrogen and oxygen atoms in total. The minimum absolute atomic E-state index is 0.211. The highest BCUT2D eigenvalue weighted by atomic mass is 32.1. The Labute approximate surface area is 75.6 Å². The summed E-state index contributed by atoms with van der Waals surface area (Å²) in [5.74, 6) is -0.211. The first-order valence-corrected chi connectivity index (χ1v) is 4.40. The Morgan fingerprint density at radius 3 is 2.50 bits per heavy atom. The lowest BCUT2D eigenvalue weighted by Crippen LogP contribution is -1.95. The number of esters is 1. The molecule has 0 spiro atoms. The van der Waals surface area contributed by atoms with Crippen molar-refractivity contribution in [1.82, 2.24) is 0 Å². The molecule has 0 aliphatic rings. The summed E-state index contributed by atoms with van der Waals surface area (Å²) >= 11 is 1.33. The second-order valence-electron chi connectivity index (χ2n) is 1.88. The van der Waals surface area contributed by atoms with E-state index < -0.39 is 0 Å². The summed E-state index contributed by atoms with van der Waals surface area (Å²) in [4.78, 5) is 9.82. The minimum atomic E-state index is -0.211. The number of ether oxygens (including phenoxy) is 1. The van der Waals surface area contributed by atoms with Gasteiger partial charge in [-0.2, -0.15) is 0 Å². The molecule has 0 amide bonds. The van der Waals surface area contributed by atoms with Gasteiger partial charge in [0.2, 0.25) is 0 Å². The summed E-state index contributed by atoms with van der Waals surface area (Å²) < 4.78 is 4.40. The maximum absolute atomic E-state index is 9.82. The van der Waals surface area contributed by atoms with E-state index in [1.165, 1.54) is 18.3 Å². The minimum Gasteiger partial charge on any atom is -0.499 e. The largest absolute Gasteiger partial charge is 0.499 e. The summed E-state index contributed by atoms with van der Waals surface area (Å²) in [6.07, 6.45) is 0. The average molecular weight is 188 g/mol. The van der Waals surface area contributed by atoms with Crippen LogP contribution in [0.15, 0.2) is 17.5 Å². The van der Waals surface area contributed by atoms with Crippen molar-refractivity contribution in [2.75, 3.05) is 6.61 Å². The van der Waals surface area contributed by atoms with Crippen LogP contribution in [0.25, 0.3) is 0 Å². The van der Waals surface area contributed by atoms with E-state index in [0.717, 1.165) is 0 Å². The molecule has 0 bridgehead atoms. The molecule has 0 unspecified atom stereocenters. The first kappa shape index (κ1) is 11.0. The molecule has 1 rings (SSSR count). The molecule has 0 atom stereocenters. The van der Waals surface area contributed by atoms with E-state index in [1.54, 1.807) is 19.1 Å². The third-order valence-corrected chi connectivity index (χ3v) is 1.52. The Kier molecular flexibility index (Phi) is 6.09. The number of thiophene rings is 1. The van der Waals surface area contributed by atoms with Crippen molar-refractivity contribution >= 4 is 17.3 Å². The van der Waals surface area contributed by atoms with Gasteiger partial charge in [-0.1, -0.05) is 0 Å². The normalized spacial score (nSPS) is 8.17. The number of rotatable bonds is 1. The second-order valence-corrected chi connectivity index (χ2v) is 2.80. The van der Waals surface area contributed by atoms with Crippen molar-refractivity contribution in [3.05, 3.63) is 17.5 Å². The highest BCUT2D eigenvalue weighted by molar-refractivity contribution is 7.11. The molecule has 4 heteroatoms. The molecule has 1 heterocycles. The fourth-order valence-corrected chi connectivity index (χ4v) is 0.927. The van der Waals surface area contributed by atoms with Gasteiger partial charge in [0.1, 0.15) is 0 Å². The predicted octanol–water partition coefficient (Wildman–Crippen LogP) is 2.02. The van der Waals surface area contributed by atoms with Gasteiger partial charge in [0, 0.05) is 6.92 Å². The number of aromatic hydroxyl groups is 1. The van der Waals surface area contributed by atoms with E-state index in [2.05, 4.69) is 4.74 Å². The van der Waals surface area contributed by atoms with Crippen LogP contribution in [0, 0.1) is 0 Å². The van der Waals surface area contributed by atoms with Crippen LogP contribution < -0.4 is 0 Å². The first-order valence-electron chi connectivity index (χ1n) is 3.52. The molecule has 12 heavy (non-hydrogen) atoms. The fraction of sp³-hybridized carbons (Fsp3) is 0.375. The van der Waals surface area contributed by atoms with Gasteiger partial charge in [-0.15, -0.1) is 11.3 Å². The van der Waals surface area contributed by atoms with Crippen molar-refractivity contribution in [1.29, 1.82) is 0 Å². The zero-order valence-corrected chi connectivity index (χ0v) is 7.93. The molecule has 0 aliphatic carbocycles. The summed E-state index contributed by atoms with van der Waals surface area (Å²) in [6.45, 7) is 3.65. The Balaban J connectivity index is 0.000000202. The number of carbonyl (C=O) groups excluding carboxylic acids is 1. The smallest absolute Gasteiger partial charge is 0.302 e. The third kappa shape index (κ3) is 7.08. The van der Waals surface area contributed by atoms with Gasteiger partial charge in [-0.25, -0.2) is 0 Å². The van der Waals surface area contributed by atoms with E-state index in [-0.39, 0.29) is 5.97 Å². The number of carbonyl (C=O) groups is 1. The van der Waals surface area contributed by atoms with Gasteiger partial charge in [0.25, 0.3) is 0 Å². The Bertz CT molecular complexity index is 206. The van der Waals surface area contributed by atoms with Crippen LogP contribution in [0.3, 0.4) is 0 Å². The molecule has 0 radical (unpaired) electrons. The summed E-state index contributed by atoms with van der Waals surface area (Å²) in [5.41, 5.74) is 0. The Hall–Kier alpha value is -1.03. The second kappa shape index (κ2) is 6.67.